The van der Waals surface area contributed by atoms with Crippen LogP contribution in [0.1, 0.15) is 52.0 Å². The fourth-order valence-corrected chi connectivity index (χ4v) is 3.36. The standard InChI is InChI=1S/C17H20BClO4/c1-16(2)17(3,4)23-18(22-16)12-7-5-6-10(14(12)19)11-8-9-13(20)15(11)21/h5-7,11H,8-9H2,1-4H3. The summed E-state index contributed by atoms with van der Waals surface area (Å²) in [5.41, 5.74) is 0.469. The van der Waals surface area contributed by atoms with Crippen molar-refractivity contribution in [2.75, 3.05) is 0 Å². The summed E-state index contributed by atoms with van der Waals surface area (Å²) in [5, 5.41) is 0.457. The Hall–Kier alpha value is -1.17. The first-order valence-corrected chi connectivity index (χ1v) is 8.23. The van der Waals surface area contributed by atoms with Crippen molar-refractivity contribution in [2.45, 2.75) is 57.7 Å². The molecule has 0 amide bonds. The van der Waals surface area contributed by atoms with E-state index >= 15 is 0 Å². The highest BCUT2D eigenvalue weighted by atomic mass is 35.5. The van der Waals surface area contributed by atoms with E-state index in [1.165, 1.54) is 0 Å². The van der Waals surface area contributed by atoms with E-state index in [2.05, 4.69) is 0 Å². The zero-order valence-corrected chi connectivity index (χ0v) is 14.6. The van der Waals surface area contributed by atoms with Crippen molar-refractivity contribution in [1.82, 2.24) is 0 Å². The molecule has 1 aliphatic heterocycles. The highest BCUT2D eigenvalue weighted by molar-refractivity contribution is 6.66. The molecule has 0 radical (unpaired) electrons. The van der Waals surface area contributed by atoms with Gasteiger partial charge in [-0.2, -0.15) is 0 Å². The Kier molecular flexibility index (Phi) is 3.94. The van der Waals surface area contributed by atoms with Crippen molar-refractivity contribution in [3.63, 3.8) is 0 Å². The van der Waals surface area contributed by atoms with Crippen LogP contribution in [0.5, 0.6) is 0 Å². The second kappa shape index (κ2) is 5.44. The van der Waals surface area contributed by atoms with Crippen molar-refractivity contribution in [1.29, 1.82) is 0 Å². The second-order valence-electron chi connectivity index (χ2n) is 7.22. The predicted molar refractivity (Wildman–Crippen MR) is 89.2 cm³/mol. The smallest absolute Gasteiger partial charge is 0.399 e. The molecule has 0 N–H and O–H groups in total. The van der Waals surface area contributed by atoms with Crippen LogP contribution in [-0.2, 0) is 18.9 Å². The van der Waals surface area contributed by atoms with Crippen molar-refractivity contribution < 1.29 is 18.9 Å². The van der Waals surface area contributed by atoms with E-state index in [0.29, 0.717) is 28.9 Å². The molecule has 0 spiro atoms. The highest BCUT2D eigenvalue weighted by Gasteiger charge is 2.52. The number of benzene rings is 1. The molecule has 1 saturated heterocycles. The lowest BCUT2D eigenvalue weighted by molar-refractivity contribution is -0.134. The molecule has 1 aromatic rings. The molecule has 1 heterocycles. The summed E-state index contributed by atoms with van der Waals surface area (Å²) in [7, 11) is -0.584. The molecule has 6 heteroatoms. The van der Waals surface area contributed by atoms with Crippen molar-refractivity contribution in [2.24, 2.45) is 0 Å². The molecule has 1 atom stereocenters. The van der Waals surface area contributed by atoms with E-state index in [4.69, 9.17) is 20.9 Å². The van der Waals surface area contributed by atoms with Crippen LogP contribution in [-0.4, -0.2) is 29.9 Å². The molecule has 1 aromatic carbocycles. The molecule has 1 saturated carbocycles. The average Bonchev–Trinajstić information content (AvgIpc) is 2.88. The normalized spacial score (nSPS) is 26.1. The summed E-state index contributed by atoms with van der Waals surface area (Å²) in [6.45, 7) is 7.90. The zero-order valence-electron chi connectivity index (χ0n) is 13.8. The number of ketones is 2. The van der Waals surface area contributed by atoms with E-state index in [-0.39, 0.29) is 11.6 Å². The summed E-state index contributed by atoms with van der Waals surface area (Å²) in [5.74, 6) is -1.11. The number of Topliss-reactive ketones (excluding diaryl/α,β-unsaturated/α-hetero) is 2. The fraction of sp³-hybridized carbons (Fsp3) is 0.529. The van der Waals surface area contributed by atoms with Crippen molar-refractivity contribution in [3.05, 3.63) is 28.8 Å². The molecule has 2 fully saturated rings. The Morgan fingerprint density at radius 1 is 1.13 bits per heavy atom. The lowest BCUT2D eigenvalue weighted by atomic mass is 9.77. The van der Waals surface area contributed by atoms with Gasteiger partial charge in [0, 0.05) is 16.9 Å². The molecular formula is C17H20BClO4. The molecule has 122 valence electrons. The van der Waals surface area contributed by atoms with Gasteiger partial charge >= 0.3 is 7.12 Å². The van der Waals surface area contributed by atoms with Gasteiger partial charge in [-0.15, -0.1) is 0 Å². The van der Waals surface area contributed by atoms with E-state index in [1.54, 1.807) is 6.07 Å². The molecule has 1 unspecified atom stereocenters. The monoisotopic (exact) mass is 334 g/mol. The predicted octanol–water partition coefficient (Wildman–Crippen LogP) is 2.65. The van der Waals surface area contributed by atoms with Crippen LogP contribution < -0.4 is 5.46 Å². The Labute approximate surface area is 141 Å². The molecule has 23 heavy (non-hydrogen) atoms. The van der Waals surface area contributed by atoms with Gasteiger partial charge in [0.25, 0.3) is 0 Å². The molecule has 1 aliphatic carbocycles. The van der Waals surface area contributed by atoms with Crippen LogP contribution in [0.25, 0.3) is 0 Å². The van der Waals surface area contributed by atoms with Gasteiger partial charge in [0.1, 0.15) is 0 Å². The SMILES string of the molecule is CC1(C)OB(c2cccc(C3CCC(=O)C3=O)c2Cl)OC1(C)C. The van der Waals surface area contributed by atoms with E-state index in [9.17, 15) is 9.59 Å². The first-order chi connectivity index (χ1) is 10.6. The van der Waals surface area contributed by atoms with Gasteiger partial charge in [-0.25, -0.2) is 0 Å². The van der Waals surface area contributed by atoms with Gasteiger partial charge in [0.2, 0.25) is 5.78 Å². The van der Waals surface area contributed by atoms with Gasteiger partial charge in [0.15, 0.2) is 5.78 Å². The van der Waals surface area contributed by atoms with Gasteiger partial charge in [-0.1, -0.05) is 29.8 Å². The Morgan fingerprint density at radius 2 is 1.74 bits per heavy atom. The molecule has 3 rings (SSSR count). The maximum atomic E-state index is 12.0. The minimum atomic E-state index is -0.584. The quantitative estimate of drug-likeness (QED) is 0.616. The average molecular weight is 335 g/mol. The topological polar surface area (TPSA) is 52.6 Å². The summed E-state index contributed by atoms with van der Waals surface area (Å²) in [6.07, 6.45) is 0.810. The maximum absolute atomic E-state index is 12.0. The van der Waals surface area contributed by atoms with Crippen molar-refractivity contribution >= 4 is 35.7 Å². The minimum absolute atomic E-state index is 0.292. The van der Waals surface area contributed by atoms with E-state index < -0.39 is 24.2 Å². The third-order valence-corrected chi connectivity index (χ3v) is 5.63. The zero-order chi connectivity index (χ0) is 17.0. The van der Waals surface area contributed by atoms with Crippen LogP contribution in [0.4, 0.5) is 0 Å². The number of halogens is 1. The highest BCUT2D eigenvalue weighted by Crippen LogP contribution is 2.38. The molecule has 0 bridgehead atoms. The maximum Gasteiger partial charge on any atom is 0.496 e. The first-order valence-electron chi connectivity index (χ1n) is 7.85. The van der Waals surface area contributed by atoms with E-state index in [0.717, 1.165) is 0 Å². The number of hydrogen-bond acceptors (Lipinski definition) is 4. The van der Waals surface area contributed by atoms with Crippen LogP contribution in [0.2, 0.25) is 5.02 Å². The number of rotatable bonds is 2. The Balaban J connectivity index is 1.96. The lowest BCUT2D eigenvalue weighted by Crippen LogP contribution is -2.41. The van der Waals surface area contributed by atoms with Gasteiger partial charge < -0.3 is 9.31 Å². The van der Waals surface area contributed by atoms with Crippen LogP contribution in [0.3, 0.4) is 0 Å². The molecule has 0 aromatic heterocycles. The fourth-order valence-electron chi connectivity index (χ4n) is 3.01. The first kappa shape index (κ1) is 16.7. The summed E-state index contributed by atoms with van der Waals surface area (Å²) < 4.78 is 12.1. The van der Waals surface area contributed by atoms with Gasteiger partial charge in [-0.05, 0) is 39.7 Å². The second-order valence-corrected chi connectivity index (χ2v) is 7.60. The van der Waals surface area contributed by atoms with Crippen molar-refractivity contribution in [3.8, 4) is 0 Å². The molecule has 4 nitrogen and oxygen atoms in total. The lowest BCUT2D eigenvalue weighted by Gasteiger charge is -2.32. The molecular weight excluding hydrogens is 314 g/mol. The van der Waals surface area contributed by atoms with Gasteiger partial charge in [0.05, 0.1) is 17.1 Å². The summed E-state index contributed by atoms with van der Waals surface area (Å²) >= 11 is 6.54. The Morgan fingerprint density at radius 3 is 2.26 bits per heavy atom. The number of carbonyl (C=O) groups excluding carboxylic acids is 2. The number of hydrogen-bond donors (Lipinski definition) is 0. The van der Waals surface area contributed by atoms with Crippen LogP contribution >= 0.6 is 11.6 Å². The van der Waals surface area contributed by atoms with E-state index in [1.807, 2.05) is 39.8 Å². The van der Waals surface area contributed by atoms with Crippen LogP contribution in [0.15, 0.2) is 18.2 Å². The Bertz CT molecular complexity index is 667. The van der Waals surface area contributed by atoms with Crippen LogP contribution in [0, 0.1) is 0 Å². The summed E-state index contributed by atoms with van der Waals surface area (Å²) in [4.78, 5) is 23.6. The third kappa shape index (κ3) is 2.65. The van der Waals surface area contributed by atoms with Gasteiger partial charge in [-0.3, -0.25) is 9.59 Å². The summed E-state index contributed by atoms with van der Waals surface area (Å²) in [6, 6.07) is 5.48. The third-order valence-electron chi connectivity index (χ3n) is 5.19. The minimum Gasteiger partial charge on any atom is -0.399 e. The number of carbonyl (C=O) groups is 2. The largest absolute Gasteiger partial charge is 0.496 e. The molecule has 2 aliphatic rings.